The average Bonchev–Trinajstić information content (AvgIpc) is 3.11. The van der Waals surface area contributed by atoms with E-state index in [0.717, 1.165) is 17.8 Å². The Bertz CT molecular complexity index is 909. The second kappa shape index (κ2) is 7.34. The maximum absolute atomic E-state index is 13.4. The van der Waals surface area contributed by atoms with E-state index in [0.29, 0.717) is 11.3 Å². The van der Waals surface area contributed by atoms with Crippen LogP contribution >= 0.6 is 11.8 Å². The molecule has 28 heavy (non-hydrogen) atoms. The summed E-state index contributed by atoms with van der Waals surface area (Å²) in [5.74, 6) is 0.269. The van der Waals surface area contributed by atoms with Crippen molar-refractivity contribution >= 4 is 17.5 Å². The van der Waals surface area contributed by atoms with Gasteiger partial charge in [-0.05, 0) is 18.2 Å². The van der Waals surface area contributed by atoms with Crippen molar-refractivity contribution in [3.05, 3.63) is 36.0 Å². The van der Waals surface area contributed by atoms with Crippen LogP contribution in [0.1, 0.15) is 12.1 Å². The fourth-order valence-electron chi connectivity index (χ4n) is 3.02. The Kier molecular flexibility index (Phi) is 5.02. The van der Waals surface area contributed by atoms with Crippen LogP contribution in [0.15, 0.2) is 35.5 Å². The molecule has 6 nitrogen and oxygen atoms in total. The number of ketones is 1. The lowest BCUT2D eigenvalue weighted by atomic mass is 10.1. The molecule has 1 aromatic carbocycles. The molecule has 0 saturated carbocycles. The Hall–Kier alpha value is -2.17. The van der Waals surface area contributed by atoms with E-state index in [1.54, 1.807) is 24.3 Å². The van der Waals surface area contributed by atoms with Gasteiger partial charge in [-0.1, -0.05) is 23.9 Å². The van der Waals surface area contributed by atoms with Crippen LogP contribution in [0.5, 0.6) is 5.75 Å². The summed E-state index contributed by atoms with van der Waals surface area (Å²) in [6.45, 7) is 0.218. The number of hydrogen-bond donors (Lipinski definition) is 0. The van der Waals surface area contributed by atoms with Crippen molar-refractivity contribution in [1.82, 2.24) is 9.97 Å². The summed E-state index contributed by atoms with van der Waals surface area (Å²) < 4.78 is 55.9. The molecule has 3 heterocycles. The molecule has 2 aliphatic heterocycles. The zero-order valence-electron chi connectivity index (χ0n) is 14.6. The summed E-state index contributed by atoms with van der Waals surface area (Å²) in [5, 5.41) is -0.479. The third kappa shape index (κ3) is 3.85. The number of rotatable bonds is 4. The van der Waals surface area contributed by atoms with Crippen LogP contribution in [0, 0.1) is 0 Å². The number of ether oxygens (including phenoxy) is 3. The summed E-state index contributed by atoms with van der Waals surface area (Å²) in [5.41, 5.74) is -0.465. The van der Waals surface area contributed by atoms with Crippen molar-refractivity contribution in [3.8, 4) is 17.0 Å². The molecule has 2 saturated heterocycles. The van der Waals surface area contributed by atoms with Crippen LogP contribution in [0.3, 0.4) is 0 Å². The lowest BCUT2D eigenvalue weighted by molar-refractivity contribution is -0.151. The number of methoxy groups -OCH3 is 1. The van der Waals surface area contributed by atoms with Gasteiger partial charge in [-0.15, -0.1) is 0 Å². The molecule has 10 heteroatoms. The van der Waals surface area contributed by atoms with Crippen LogP contribution in [0.2, 0.25) is 0 Å². The first-order chi connectivity index (χ1) is 13.3. The molecule has 2 aromatic rings. The van der Waals surface area contributed by atoms with Crippen LogP contribution in [-0.4, -0.2) is 47.1 Å². The van der Waals surface area contributed by atoms with E-state index in [1.807, 2.05) is 0 Å². The van der Waals surface area contributed by atoms with Gasteiger partial charge in [0.25, 0.3) is 0 Å². The summed E-state index contributed by atoms with van der Waals surface area (Å²) in [6, 6.07) is 7.49. The van der Waals surface area contributed by atoms with Gasteiger partial charge in [-0.2, -0.15) is 13.2 Å². The van der Waals surface area contributed by atoms with E-state index in [1.165, 1.54) is 7.11 Å². The van der Waals surface area contributed by atoms with Crippen molar-refractivity contribution in [2.24, 2.45) is 0 Å². The van der Waals surface area contributed by atoms with E-state index in [2.05, 4.69) is 9.97 Å². The number of thioether (sulfide) groups is 1. The minimum Gasteiger partial charge on any atom is -0.497 e. The Balaban J connectivity index is 1.69. The topological polar surface area (TPSA) is 70.5 Å². The van der Waals surface area contributed by atoms with E-state index < -0.39 is 23.4 Å². The normalized spacial score (nSPS) is 24.4. The van der Waals surface area contributed by atoms with Gasteiger partial charge in [-0.25, -0.2) is 9.97 Å². The number of halogens is 3. The van der Waals surface area contributed by atoms with Crippen LogP contribution in [-0.2, 0) is 20.4 Å². The second-order valence-electron chi connectivity index (χ2n) is 6.32. The third-order valence-corrected chi connectivity index (χ3v) is 5.57. The van der Waals surface area contributed by atoms with Crippen molar-refractivity contribution in [3.63, 3.8) is 0 Å². The van der Waals surface area contributed by atoms with Gasteiger partial charge in [0.15, 0.2) is 10.9 Å². The molecule has 0 unspecified atom stereocenters. The molecule has 0 aliphatic carbocycles. The third-order valence-electron chi connectivity index (χ3n) is 4.41. The van der Waals surface area contributed by atoms with Gasteiger partial charge in [-0.3, -0.25) is 4.79 Å². The zero-order valence-corrected chi connectivity index (χ0v) is 15.4. The largest absolute Gasteiger partial charge is 0.497 e. The van der Waals surface area contributed by atoms with E-state index in [-0.39, 0.29) is 35.8 Å². The van der Waals surface area contributed by atoms with E-state index >= 15 is 0 Å². The molecule has 2 aliphatic rings. The predicted octanol–water partition coefficient (Wildman–Crippen LogP) is 3.35. The summed E-state index contributed by atoms with van der Waals surface area (Å²) in [6.07, 6.45) is -5.75. The monoisotopic (exact) mass is 412 g/mol. The van der Waals surface area contributed by atoms with Gasteiger partial charge in [0.1, 0.15) is 11.4 Å². The summed E-state index contributed by atoms with van der Waals surface area (Å²) in [4.78, 5) is 19.9. The van der Waals surface area contributed by atoms with Crippen molar-refractivity contribution in [2.75, 3.05) is 13.7 Å². The minimum absolute atomic E-state index is 0.0700. The van der Waals surface area contributed by atoms with Gasteiger partial charge in [0.2, 0.25) is 6.29 Å². The highest BCUT2D eigenvalue weighted by Gasteiger charge is 2.44. The first-order valence-corrected chi connectivity index (χ1v) is 9.28. The molecular weight excluding hydrogens is 397 g/mol. The minimum atomic E-state index is -4.63. The number of Topliss-reactive ketones (excluding diaryl/α,β-unsaturated/α-hetero) is 1. The molecular formula is C18H15F3N2O4S. The molecule has 3 atom stereocenters. The van der Waals surface area contributed by atoms with Crippen molar-refractivity contribution in [2.45, 2.75) is 35.4 Å². The van der Waals surface area contributed by atoms with E-state index in [4.69, 9.17) is 14.2 Å². The molecule has 0 N–H and O–H groups in total. The number of benzene rings is 1. The lowest BCUT2D eigenvalue weighted by Gasteiger charge is -2.25. The maximum Gasteiger partial charge on any atom is 0.433 e. The highest BCUT2D eigenvalue weighted by molar-refractivity contribution is 7.99. The number of carbonyl (C=O) groups excluding carboxylic acids is 1. The average molecular weight is 412 g/mol. The molecule has 0 radical (unpaired) electrons. The zero-order chi connectivity index (χ0) is 19.9. The highest BCUT2D eigenvalue weighted by atomic mass is 32.2. The van der Waals surface area contributed by atoms with Gasteiger partial charge < -0.3 is 14.2 Å². The molecule has 4 rings (SSSR count). The van der Waals surface area contributed by atoms with Crippen LogP contribution in [0.4, 0.5) is 13.2 Å². The fourth-order valence-corrected chi connectivity index (χ4v) is 4.13. The number of nitrogens with zero attached hydrogens (tertiary/aromatic N) is 2. The standard InChI is InChI=1S/C18H15F3N2O4S/c1-25-10-4-2-3-9(5-10)11-6-15(18(19,20)21)23-17(22-11)28-14-7-12(24)16-26-8-13(14)27-16/h2-6,13-14,16H,7-8H2,1H3/t13-,14-,16-/m0/s1. The van der Waals surface area contributed by atoms with E-state index in [9.17, 15) is 18.0 Å². The summed E-state index contributed by atoms with van der Waals surface area (Å²) >= 11 is 0.997. The second-order valence-corrected chi connectivity index (χ2v) is 7.52. The number of fused-ring (bicyclic) bond motifs is 2. The quantitative estimate of drug-likeness (QED) is 0.714. The highest BCUT2D eigenvalue weighted by Crippen LogP contribution is 2.38. The number of hydrogen-bond acceptors (Lipinski definition) is 7. The lowest BCUT2D eigenvalue weighted by Crippen LogP contribution is -2.37. The Morgan fingerprint density at radius 1 is 1.25 bits per heavy atom. The fraction of sp³-hybridized carbons (Fsp3) is 0.389. The molecule has 0 spiro atoms. The van der Waals surface area contributed by atoms with Crippen molar-refractivity contribution in [1.29, 1.82) is 0 Å². The Morgan fingerprint density at radius 2 is 2.07 bits per heavy atom. The Morgan fingerprint density at radius 3 is 2.82 bits per heavy atom. The maximum atomic E-state index is 13.4. The molecule has 0 amide bonds. The summed E-state index contributed by atoms with van der Waals surface area (Å²) in [7, 11) is 1.47. The molecule has 1 aromatic heterocycles. The van der Waals surface area contributed by atoms with Gasteiger partial charge in [0.05, 0.1) is 25.5 Å². The van der Waals surface area contributed by atoms with Crippen LogP contribution in [0.25, 0.3) is 11.3 Å². The number of aromatic nitrogens is 2. The SMILES string of the molecule is COc1cccc(-c2cc(C(F)(F)F)nc(S[C@H]3CC(=O)[C@H]4OC[C@@H]3O4)n2)c1. The van der Waals surface area contributed by atoms with Crippen molar-refractivity contribution < 1.29 is 32.2 Å². The van der Waals surface area contributed by atoms with Gasteiger partial charge >= 0.3 is 6.18 Å². The molecule has 2 bridgehead atoms. The number of carbonyl (C=O) groups is 1. The Labute approximate surface area is 162 Å². The van der Waals surface area contributed by atoms with Gasteiger partial charge in [0, 0.05) is 17.2 Å². The number of alkyl halides is 3. The molecule has 2 fully saturated rings. The smallest absolute Gasteiger partial charge is 0.433 e. The molecule has 148 valence electrons. The first-order valence-electron chi connectivity index (χ1n) is 8.40. The predicted molar refractivity (Wildman–Crippen MR) is 92.9 cm³/mol. The van der Waals surface area contributed by atoms with Crippen LogP contribution < -0.4 is 4.74 Å². The first kappa shape index (κ1) is 19.2.